The number of benzene rings is 1. The number of rotatable bonds is 2. The van der Waals surface area contributed by atoms with Crippen LogP contribution in [0.1, 0.15) is 22.8 Å². The predicted molar refractivity (Wildman–Crippen MR) is 52.8 cm³/mol. The molecule has 0 aliphatic heterocycles. The number of Topliss-reactive ketones (excluding diaryl/α,β-unsaturated/α-hetero) is 1. The van der Waals surface area contributed by atoms with E-state index in [2.05, 4.69) is 0 Å². The van der Waals surface area contributed by atoms with Crippen LogP contribution in [0.15, 0.2) is 12.1 Å². The van der Waals surface area contributed by atoms with Crippen LogP contribution in [0.5, 0.6) is 0 Å². The molecule has 5 nitrogen and oxygen atoms in total. The normalized spacial score (nSPS) is 9.40. The lowest BCUT2D eigenvalue weighted by Crippen LogP contribution is -2.03. The highest BCUT2D eigenvalue weighted by Crippen LogP contribution is 2.30. The number of halogens is 1. The first kappa shape index (κ1) is 11.1. The molecule has 1 aromatic carbocycles. The maximum absolute atomic E-state index is 11.2. The van der Waals surface area contributed by atoms with Crippen LogP contribution in [0, 0.1) is 21.4 Å². The third kappa shape index (κ3) is 1.95. The summed E-state index contributed by atoms with van der Waals surface area (Å²) in [6, 6.07) is 4.16. The standard InChI is InChI=1S/C9H5ClN2O3/c1-5(13)8-7(10)3-2-6(4-11)9(8)12(14)15/h2-3H,1H3. The van der Waals surface area contributed by atoms with Gasteiger partial charge in [0.1, 0.15) is 17.2 Å². The van der Waals surface area contributed by atoms with Crippen LogP contribution >= 0.6 is 11.6 Å². The van der Waals surface area contributed by atoms with E-state index in [9.17, 15) is 14.9 Å². The van der Waals surface area contributed by atoms with Crippen LogP contribution in [0.4, 0.5) is 5.69 Å². The summed E-state index contributed by atoms with van der Waals surface area (Å²) in [5.41, 5.74) is -0.923. The van der Waals surface area contributed by atoms with Gasteiger partial charge in [0, 0.05) is 0 Å². The van der Waals surface area contributed by atoms with E-state index in [0.717, 1.165) is 6.92 Å². The van der Waals surface area contributed by atoms with Crippen LogP contribution in [0.2, 0.25) is 5.02 Å². The Bertz CT molecular complexity index is 491. The van der Waals surface area contributed by atoms with Crippen molar-refractivity contribution in [2.45, 2.75) is 6.92 Å². The fourth-order valence-corrected chi connectivity index (χ4v) is 1.47. The monoisotopic (exact) mass is 224 g/mol. The van der Waals surface area contributed by atoms with Gasteiger partial charge >= 0.3 is 0 Å². The SMILES string of the molecule is CC(=O)c1c(Cl)ccc(C#N)c1[N+](=O)[O-]. The minimum absolute atomic E-state index is 0.0202. The minimum Gasteiger partial charge on any atom is -0.294 e. The van der Waals surface area contributed by atoms with Gasteiger partial charge in [0.25, 0.3) is 5.69 Å². The van der Waals surface area contributed by atoms with Gasteiger partial charge in [0.05, 0.1) is 9.95 Å². The summed E-state index contributed by atoms with van der Waals surface area (Å²) < 4.78 is 0. The highest BCUT2D eigenvalue weighted by atomic mass is 35.5. The molecular weight excluding hydrogens is 220 g/mol. The summed E-state index contributed by atoms with van der Waals surface area (Å²) >= 11 is 5.66. The van der Waals surface area contributed by atoms with E-state index in [4.69, 9.17) is 16.9 Å². The molecule has 0 aromatic heterocycles. The molecule has 0 radical (unpaired) electrons. The first-order chi connectivity index (χ1) is 6.99. The van der Waals surface area contributed by atoms with E-state index in [-0.39, 0.29) is 16.1 Å². The van der Waals surface area contributed by atoms with Crippen LogP contribution in [-0.2, 0) is 0 Å². The van der Waals surface area contributed by atoms with Crippen LogP contribution in [0.3, 0.4) is 0 Å². The molecule has 15 heavy (non-hydrogen) atoms. The second-order valence-corrected chi connectivity index (χ2v) is 3.15. The van der Waals surface area contributed by atoms with Crippen molar-refractivity contribution >= 4 is 23.1 Å². The van der Waals surface area contributed by atoms with Crippen molar-refractivity contribution in [2.24, 2.45) is 0 Å². The fourth-order valence-electron chi connectivity index (χ4n) is 1.18. The Balaban J connectivity index is 3.68. The molecular formula is C9H5ClN2O3. The third-order valence-electron chi connectivity index (χ3n) is 1.78. The van der Waals surface area contributed by atoms with Gasteiger partial charge < -0.3 is 0 Å². The van der Waals surface area contributed by atoms with Gasteiger partial charge in [-0.2, -0.15) is 5.26 Å². The first-order valence-electron chi connectivity index (χ1n) is 3.87. The Labute approximate surface area is 90.0 Å². The number of carbonyl (C=O) groups is 1. The molecule has 0 fully saturated rings. The van der Waals surface area contributed by atoms with E-state index in [1.165, 1.54) is 12.1 Å². The van der Waals surface area contributed by atoms with E-state index in [1.54, 1.807) is 6.07 Å². The number of ketones is 1. The van der Waals surface area contributed by atoms with Crippen LogP contribution in [-0.4, -0.2) is 10.7 Å². The highest BCUT2D eigenvalue weighted by molar-refractivity contribution is 6.34. The number of nitro benzene ring substituents is 1. The van der Waals surface area contributed by atoms with Crippen molar-refractivity contribution in [2.75, 3.05) is 0 Å². The second-order valence-electron chi connectivity index (χ2n) is 2.74. The Morgan fingerprint density at radius 2 is 2.20 bits per heavy atom. The Morgan fingerprint density at radius 3 is 2.60 bits per heavy atom. The summed E-state index contributed by atoms with van der Waals surface area (Å²) in [5.74, 6) is -0.538. The largest absolute Gasteiger partial charge is 0.299 e. The molecule has 76 valence electrons. The summed E-state index contributed by atoms with van der Waals surface area (Å²) in [6.45, 7) is 1.16. The maximum Gasteiger partial charge on any atom is 0.299 e. The molecule has 0 aliphatic rings. The molecule has 0 amide bonds. The zero-order valence-electron chi connectivity index (χ0n) is 7.65. The molecule has 6 heteroatoms. The van der Waals surface area contributed by atoms with Crippen molar-refractivity contribution in [1.82, 2.24) is 0 Å². The molecule has 0 heterocycles. The molecule has 1 rings (SSSR count). The Kier molecular flexibility index (Phi) is 3.02. The van der Waals surface area contributed by atoms with Crippen molar-refractivity contribution < 1.29 is 9.72 Å². The van der Waals surface area contributed by atoms with Gasteiger partial charge in [-0.15, -0.1) is 0 Å². The molecule has 1 aromatic rings. The smallest absolute Gasteiger partial charge is 0.294 e. The zero-order valence-corrected chi connectivity index (χ0v) is 8.41. The third-order valence-corrected chi connectivity index (χ3v) is 2.10. The number of carbonyl (C=O) groups excluding carboxylic acids is 1. The molecule has 0 aliphatic carbocycles. The summed E-state index contributed by atoms with van der Waals surface area (Å²) in [6.07, 6.45) is 0. The zero-order chi connectivity index (χ0) is 11.6. The molecule has 0 atom stereocenters. The molecule has 0 saturated heterocycles. The van der Waals surface area contributed by atoms with E-state index in [1.807, 2.05) is 0 Å². The number of hydrogen-bond acceptors (Lipinski definition) is 4. The number of nitrogens with zero attached hydrogens (tertiary/aromatic N) is 2. The van der Waals surface area contributed by atoms with Gasteiger partial charge in [0.15, 0.2) is 5.78 Å². The summed E-state index contributed by atoms with van der Waals surface area (Å²) in [7, 11) is 0. The molecule has 0 N–H and O–H groups in total. The van der Waals surface area contributed by atoms with E-state index < -0.39 is 16.4 Å². The van der Waals surface area contributed by atoms with Crippen molar-refractivity contribution in [3.05, 3.63) is 38.4 Å². The van der Waals surface area contributed by atoms with E-state index >= 15 is 0 Å². The fraction of sp³-hybridized carbons (Fsp3) is 0.111. The number of nitro groups is 1. The second kappa shape index (κ2) is 4.07. The van der Waals surface area contributed by atoms with Crippen molar-refractivity contribution in [3.8, 4) is 6.07 Å². The summed E-state index contributed by atoms with van der Waals surface area (Å²) in [4.78, 5) is 21.1. The van der Waals surface area contributed by atoms with Crippen molar-refractivity contribution in [1.29, 1.82) is 5.26 Å². The van der Waals surface area contributed by atoms with Crippen molar-refractivity contribution in [3.63, 3.8) is 0 Å². The number of nitriles is 1. The topological polar surface area (TPSA) is 84.0 Å². The number of hydrogen-bond donors (Lipinski definition) is 0. The van der Waals surface area contributed by atoms with E-state index in [0.29, 0.717) is 0 Å². The lowest BCUT2D eigenvalue weighted by Gasteiger charge is -2.02. The van der Waals surface area contributed by atoms with Crippen LogP contribution in [0.25, 0.3) is 0 Å². The highest BCUT2D eigenvalue weighted by Gasteiger charge is 2.25. The van der Waals surface area contributed by atoms with Gasteiger partial charge in [-0.05, 0) is 19.1 Å². The van der Waals surface area contributed by atoms with Gasteiger partial charge in [-0.3, -0.25) is 14.9 Å². The lowest BCUT2D eigenvalue weighted by atomic mass is 10.1. The molecule has 0 unspecified atom stereocenters. The average molecular weight is 225 g/mol. The van der Waals surface area contributed by atoms with Gasteiger partial charge in [-0.1, -0.05) is 11.6 Å². The lowest BCUT2D eigenvalue weighted by molar-refractivity contribution is -0.385. The predicted octanol–water partition coefficient (Wildman–Crippen LogP) is 2.32. The molecule has 0 bridgehead atoms. The maximum atomic E-state index is 11.2. The van der Waals surface area contributed by atoms with Gasteiger partial charge in [-0.25, -0.2) is 0 Å². The Hall–Kier alpha value is -1.93. The average Bonchev–Trinajstić information content (AvgIpc) is 2.16. The summed E-state index contributed by atoms with van der Waals surface area (Å²) in [5, 5.41) is 19.3. The Morgan fingerprint density at radius 1 is 1.60 bits per heavy atom. The van der Waals surface area contributed by atoms with Gasteiger partial charge in [0.2, 0.25) is 0 Å². The molecule has 0 saturated carbocycles. The quantitative estimate of drug-likeness (QED) is 0.438. The molecule has 0 spiro atoms. The van der Waals surface area contributed by atoms with Crippen LogP contribution < -0.4 is 0 Å². The first-order valence-corrected chi connectivity index (χ1v) is 4.24. The minimum atomic E-state index is -0.777.